The summed E-state index contributed by atoms with van der Waals surface area (Å²) in [5, 5.41) is 3.19. The van der Waals surface area contributed by atoms with E-state index in [0.29, 0.717) is 28.0 Å². The lowest BCUT2D eigenvalue weighted by Crippen LogP contribution is -2.42. The van der Waals surface area contributed by atoms with Crippen molar-refractivity contribution in [1.29, 1.82) is 0 Å². The highest BCUT2D eigenvalue weighted by Gasteiger charge is 2.42. The zero-order chi connectivity index (χ0) is 24.4. The maximum Gasteiger partial charge on any atom is 0.259 e. The lowest BCUT2D eigenvalue weighted by molar-refractivity contribution is -0.128. The normalized spacial score (nSPS) is 16.3. The summed E-state index contributed by atoms with van der Waals surface area (Å²) in [7, 11) is 0. The highest BCUT2D eigenvalue weighted by molar-refractivity contribution is 8.13. The summed E-state index contributed by atoms with van der Waals surface area (Å²) < 4.78 is 26.7. The number of rotatable bonds is 6. The average molecular weight is 491 g/mol. The summed E-state index contributed by atoms with van der Waals surface area (Å²) in [6.45, 7) is 0.222. The van der Waals surface area contributed by atoms with Crippen LogP contribution >= 0.6 is 11.8 Å². The van der Waals surface area contributed by atoms with Gasteiger partial charge in [0.05, 0.1) is 12.1 Å². The van der Waals surface area contributed by atoms with Crippen molar-refractivity contribution in [3.05, 3.63) is 101 Å². The number of amidine groups is 2. The van der Waals surface area contributed by atoms with E-state index in [2.05, 4.69) is 15.3 Å². The maximum absolute atomic E-state index is 13.6. The van der Waals surface area contributed by atoms with Crippen molar-refractivity contribution < 1.29 is 18.4 Å². The fourth-order valence-corrected chi connectivity index (χ4v) is 4.80. The molecular formula is C26H20F2N4O2S. The van der Waals surface area contributed by atoms with Crippen LogP contribution in [0, 0.1) is 11.6 Å². The number of halogens is 2. The van der Waals surface area contributed by atoms with Gasteiger partial charge in [-0.15, -0.1) is 0 Å². The monoisotopic (exact) mass is 490 g/mol. The molecule has 3 aromatic rings. The van der Waals surface area contributed by atoms with Crippen LogP contribution in [0.2, 0.25) is 0 Å². The minimum absolute atomic E-state index is 0.121. The van der Waals surface area contributed by atoms with Crippen molar-refractivity contribution in [2.24, 2.45) is 9.98 Å². The third-order valence-corrected chi connectivity index (χ3v) is 6.60. The van der Waals surface area contributed by atoms with E-state index < -0.39 is 6.04 Å². The summed E-state index contributed by atoms with van der Waals surface area (Å²) in [4.78, 5) is 36.6. The molecular weight excluding hydrogens is 470 g/mol. The van der Waals surface area contributed by atoms with Crippen LogP contribution in [0.5, 0.6) is 0 Å². The van der Waals surface area contributed by atoms with Crippen molar-refractivity contribution in [3.8, 4) is 0 Å². The number of carbonyl (C=O) groups is 2. The Morgan fingerprint density at radius 1 is 0.971 bits per heavy atom. The number of aliphatic imine (C=N–C) groups is 2. The number of carbonyl (C=O) groups excluding carboxylic acids is 2. The molecule has 5 rings (SSSR count). The van der Waals surface area contributed by atoms with Crippen LogP contribution in [-0.4, -0.2) is 33.8 Å². The fourth-order valence-electron chi connectivity index (χ4n) is 3.86. The third kappa shape index (κ3) is 5.00. The van der Waals surface area contributed by atoms with Gasteiger partial charge in [0.15, 0.2) is 5.17 Å². The Balaban J connectivity index is 1.32. The largest absolute Gasteiger partial charge is 0.352 e. The van der Waals surface area contributed by atoms with Gasteiger partial charge in [0.25, 0.3) is 5.91 Å². The zero-order valence-electron chi connectivity index (χ0n) is 18.4. The summed E-state index contributed by atoms with van der Waals surface area (Å²) >= 11 is 1.31. The van der Waals surface area contributed by atoms with Crippen LogP contribution in [0.25, 0.3) is 0 Å². The first-order valence-electron chi connectivity index (χ1n) is 11.0. The van der Waals surface area contributed by atoms with Crippen LogP contribution < -0.4 is 5.32 Å². The molecule has 2 aliphatic heterocycles. The predicted molar refractivity (Wildman–Crippen MR) is 131 cm³/mol. The first-order chi connectivity index (χ1) is 17.0. The Hall–Kier alpha value is -3.85. The maximum atomic E-state index is 13.6. The van der Waals surface area contributed by atoms with E-state index in [1.807, 2.05) is 30.3 Å². The topological polar surface area (TPSA) is 74.1 Å². The molecule has 0 spiro atoms. The van der Waals surface area contributed by atoms with Crippen molar-refractivity contribution >= 4 is 40.3 Å². The molecule has 1 atom stereocenters. The van der Waals surface area contributed by atoms with Crippen LogP contribution in [0.4, 0.5) is 14.5 Å². The Kier molecular flexibility index (Phi) is 6.41. The molecule has 0 saturated carbocycles. The van der Waals surface area contributed by atoms with E-state index in [1.165, 1.54) is 40.9 Å². The quantitative estimate of drug-likeness (QED) is 0.551. The van der Waals surface area contributed by atoms with Crippen molar-refractivity contribution in [2.45, 2.75) is 24.8 Å². The SMILES string of the molecule is O=C(CC1N=C2c3ccccc3N=C(SCc3cccc(F)c3)N2C1=O)NCc1ccc(F)cc1. The molecule has 0 aliphatic carbocycles. The van der Waals surface area contributed by atoms with Crippen molar-refractivity contribution in [3.63, 3.8) is 0 Å². The van der Waals surface area contributed by atoms with Gasteiger partial charge >= 0.3 is 0 Å². The second-order valence-corrected chi connectivity index (χ2v) is 9.02. The highest BCUT2D eigenvalue weighted by atomic mass is 32.2. The molecule has 2 heterocycles. The molecule has 9 heteroatoms. The summed E-state index contributed by atoms with van der Waals surface area (Å²) in [5.74, 6) is -0.479. The molecule has 3 aromatic carbocycles. The number of fused-ring (bicyclic) bond motifs is 3. The molecule has 2 amide bonds. The van der Waals surface area contributed by atoms with Gasteiger partial charge in [-0.2, -0.15) is 0 Å². The zero-order valence-corrected chi connectivity index (χ0v) is 19.3. The van der Waals surface area contributed by atoms with E-state index >= 15 is 0 Å². The molecule has 0 radical (unpaired) electrons. The van der Waals surface area contributed by atoms with E-state index in [-0.39, 0.29) is 36.4 Å². The third-order valence-electron chi connectivity index (χ3n) is 5.59. The summed E-state index contributed by atoms with van der Waals surface area (Å²) in [5.41, 5.74) is 2.90. The second kappa shape index (κ2) is 9.79. The molecule has 0 saturated heterocycles. The Bertz CT molecular complexity index is 1360. The van der Waals surface area contributed by atoms with E-state index in [4.69, 9.17) is 0 Å². The predicted octanol–water partition coefficient (Wildman–Crippen LogP) is 4.56. The molecule has 0 fully saturated rings. The van der Waals surface area contributed by atoms with Crippen LogP contribution in [0.3, 0.4) is 0 Å². The Labute approximate surface area is 204 Å². The molecule has 6 nitrogen and oxygen atoms in total. The molecule has 2 aliphatic rings. The van der Waals surface area contributed by atoms with Gasteiger partial charge < -0.3 is 5.32 Å². The van der Waals surface area contributed by atoms with Crippen LogP contribution in [0.15, 0.2) is 82.8 Å². The van der Waals surface area contributed by atoms with Crippen molar-refractivity contribution in [1.82, 2.24) is 10.2 Å². The number of benzene rings is 3. The number of nitrogens with one attached hydrogen (secondary N) is 1. The lowest BCUT2D eigenvalue weighted by atomic mass is 10.1. The first-order valence-corrected chi connectivity index (χ1v) is 11.9. The number of thioether (sulfide) groups is 1. The van der Waals surface area contributed by atoms with E-state index in [0.717, 1.165) is 11.1 Å². The fraction of sp³-hybridized carbons (Fsp3) is 0.154. The van der Waals surface area contributed by atoms with E-state index in [1.54, 1.807) is 18.2 Å². The first kappa shape index (κ1) is 22.9. The van der Waals surface area contributed by atoms with Gasteiger partial charge in [-0.25, -0.2) is 18.7 Å². The number of hydrogen-bond acceptors (Lipinski definition) is 5. The molecule has 176 valence electrons. The standard InChI is InChI=1S/C26H20F2N4O2S/c27-18-10-8-16(9-11-18)14-29-23(33)13-22-25(34)32-24(30-22)20-6-1-2-7-21(20)31-26(32)35-15-17-4-3-5-19(28)12-17/h1-12,22H,13-15H2,(H,29,33). The van der Waals surface area contributed by atoms with Crippen LogP contribution in [0.1, 0.15) is 23.1 Å². The van der Waals surface area contributed by atoms with Gasteiger partial charge in [0.2, 0.25) is 5.91 Å². The minimum Gasteiger partial charge on any atom is -0.352 e. The number of hydrogen-bond donors (Lipinski definition) is 1. The molecule has 1 N–H and O–H groups in total. The van der Waals surface area contributed by atoms with Crippen LogP contribution in [-0.2, 0) is 21.9 Å². The molecule has 35 heavy (non-hydrogen) atoms. The molecule has 0 aromatic heterocycles. The molecule has 1 unspecified atom stereocenters. The smallest absolute Gasteiger partial charge is 0.259 e. The average Bonchev–Trinajstić information content (AvgIpc) is 3.18. The van der Waals surface area contributed by atoms with Gasteiger partial charge in [-0.05, 0) is 47.5 Å². The number of amides is 2. The van der Waals surface area contributed by atoms with Gasteiger partial charge in [0.1, 0.15) is 23.5 Å². The Morgan fingerprint density at radius 2 is 1.77 bits per heavy atom. The van der Waals surface area contributed by atoms with Gasteiger partial charge in [-0.1, -0.05) is 48.2 Å². The molecule has 0 bridgehead atoms. The number of nitrogens with zero attached hydrogens (tertiary/aromatic N) is 3. The minimum atomic E-state index is -0.885. The van der Waals surface area contributed by atoms with Gasteiger partial charge in [0, 0.05) is 17.9 Å². The second-order valence-electron chi connectivity index (χ2n) is 8.08. The van der Waals surface area contributed by atoms with Crippen molar-refractivity contribution in [2.75, 3.05) is 0 Å². The summed E-state index contributed by atoms with van der Waals surface area (Å²) in [6.07, 6.45) is -0.121. The van der Waals surface area contributed by atoms with E-state index in [9.17, 15) is 18.4 Å². The van der Waals surface area contributed by atoms with Gasteiger partial charge in [-0.3, -0.25) is 14.6 Å². The summed E-state index contributed by atoms with van der Waals surface area (Å²) in [6, 6.07) is 18.6. The highest BCUT2D eigenvalue weighted by Crippen LogP contribution is 2.34. The Morgan fingerprint density at radius 3 is 2.57 bits per heavy atom. The lowest BCUT2D eigenvalue weighted by Gasteiger charge is -2.25. The number of para-hydroxylation sites is 1.